The fourth-order valence-electron chi connectivity index (χ4n) is 1.11. The summed E-state index contributed by atoms with van der Waals surface area (Å²) in [6, 6.07) is 1.69. The number of aliphatic hydroxyl groups is 1. The first-order chi connectivity index (χ1) is 7.63. The van der Waals surface area contributed by atoms with Gasteiger partial charge in [-0.2, -0.15) is 0 Å². The van der Waals surface area contributed by atoms with Gasteiger partial charge in [0.05, 0.1) is 16.4 Å². The number of nitrogens with one attached hydrogen (secondary N) is 1. The molecule has 0 saturated carbocycles. The summed E-state index contributed by atoms with van der Waals surface area (Å²) in [6.45, 7) is 0.112. The van der Waals surface area contributed by atoms with Crippen LogP contribution in [0.2, 0.25) is 5.15 Å². The van der Waals surface area contributed by atoms with Gasteiger partial charge in [-0.25, -0.2) is 4.98 Å². The van der Waals surface area contributed by atoms with Crippen LogP contribution in [0.1, 0.15) is 19.3 Å². The summed E-state index contributed by atoms with van der Waals surface area (Å²) in [5.41, 5.74) is 0.602. The second-order valence-electron chi connectivity index (χ2n) is 3.23. The van der Waals surface area contributed by atoms with E-state index in [9.17, 15) is 4.79 Å². The molecule has 0 aromatic carbocycles. The molecule has 0 bridgehead atoms. The second-order valence-corrected chi connectivity index (χ2v) is 4.44. The summed E-state index contributed by atoms with van der Waals surface area (Å²) in [4.78, 5) is 15.3. The number of carbonyl (C=O) groups is 1. The Morgan fingerprint density at radius 1 is 1.56 bits per heavy atom. The predicted molar refractivity (Wildman–Crippen MR) is 66.5 cm³/mol. The van der Waals surface area contributed by atoms with E-state index < -0.39 is 0 Å². The highest BCUT2D eigenvalue weighted by Gasteiger charge is 2.04. The molecule has 4 nitrogen and oxygen atoms in total. The largest absolute Gasteiger partial charge is 0.396 e. The lowest BCUT2D eigenvalue weighted by Crippen LogP contribution is -2.11. The van der Waals surface area contributed by atoms with E-state index in [2.05, 4.69) is 26.2 Å². The fourth-order valence-corrected chi connectivity index (χ4v) is 1.56. The molecular formula is C10H12BrClN2O2. The monoisotopic (exact) mass is 306 g/mol. The molecule has 0 saturated heterocycles. The van der Waals surface area contributed by atoms with Gasteiger partial charge in [-0.3, -0.25) is 4.79 Å². The van der Waals surface area contributed by atoms with E-state index in [1.807, 2.05) is 0 Å². The van der Waals surface area contributed by atoms with Gasteiger partial charge in [0.1, 0.15) is 5.15 Å². The first-order valence-corrected chi connectivity index (χ1v) is 6.02. The van der Waals surface area contributed by atoms with Gasteiger partial charge in [-0.1, -0.05) is 11.6 Å². The summed E-state index contributed by atoms with van der Waals surface area (Å²) in [7, 11) is 0. The molecule has 0 radical (unpaired) electrons. The third-order valence-electron chi connectivity index (χ3n) is 1.89. The van der Waals surface area contributed by atoms with Gasteiger partial charge in [0.15, 0.2) is 0 Å². The lowest BCUT2D eigenvalue weighted by atomic mass is 10.2. The van der Waals surface area contributed by atoms with Crippen molar-refractivity contribution in [3.05, 3.63) is 21.9 Å². The molecule has 88 valence electrons. The number of hydrogen-bond donors (Lipinski definition) is 2. The van der Waals surface area contributed by atoms with Crippen LogP contribution in [0.4, 0.5) is 5.69 Å². The molecule has 0 aliphatic carbocycles. The normalized spacial score (nSPS) is 10.2. The SMILES string of the molecule is O=C(CCCCO)Nc1cnc(Cl)c(Br)c1. The summed E-state index contributed by atoms with van der Waals surface area (Å²) < 4.78 is 0.641. The molecule has 0 aliphatic heterocycles. The summed E-state index contributed by atoms with van der Waals surface area (Å²) >= 11 is 8.94. The van der Waals surface area contributed by atoms with Crippen molar-refractivity contribution in [1.29, 1.82) is 0 Å². The quantitative estimate of drug-likeness (QED) is 0.649. The first kappa shape index (κ1) is 13.4. The van der Waals surface area contributed by atoms with E-state index in [0.29, 0.717) is 34.6 Å². The van der Waals surface area contributed by atoms with Gasteiger partial charge in [0.25, 0.3) is 0 Å². The van der Waals surface area contributed by atoms with Crippen LogP contribution in [0.25, 0.3) is 0 Å². The third-order valence-corrected chi connectivity index (χ3v) is 3.03. The molecule has 0 fully saturated rings. The number of anilines is 1. The maximum absolute atomic E-state index is 11.4. The van der Waals surface area contributed by atoms with Gasteiger partial charge < -0.3 is 10.4 Å². The maximum Gasteiger partial charge on any atom is 0.224 e. The van der Waals surface area contributed by atoms with Crippen LogP contribution < -0.4 is 5.32 Å². The highest BCUT2D eigenvalue weighted by Crippen LogP contribution is 2.22. The number of amides is 1. The van der Waals surface area contributed by atoms with E-state index in [4.69, 9.17) is 16.7 Å². The summed E-state index contributed by atoms with van der Waals surface area (Å²) in [6.07, 6.45) is 3.19. The molecular weight excluding hydrogens is 295 g/mol. The molecule has 1 aromatic heterocycles. The summed E-state index contributed by atoms with van der Waals surface area (Å²) in [5, 5.41) is 11.6. The van der Waals surface area contributed by atoms with E-state index in [1.165, 1.54) is 6.20 Å². The van der Waals surface area contributed by atoms with Gasteiger partial charge >= 0.3 is 0 Å². The molecule has 0 spiro atoms. The number of aliphatic hydroxyl groups excluding tert-OH is 1. The highest BCUT2D eigenvalue weighted by molar-refractivity contribution is 9.10. The van der Waals surface area contributed by atoms with E-state index in [1.54, 1.807) is 6.07 Å². The zero-order valence-electron chi connectivity index (χ0n) is 8.54. The minimum Gasteiger partial charge on any atom is -0.396 e. The Balaban J connectivity index is 2.46. The van der Waals surface area contributed by atoms with Crippen molar-refractivity contribution in [2.75, 3.05) is 11.9 Å². The number of aromatic nitrogens is 1. The molecule has 0 unspecified atom stereocenters. The Kier molecular flexibility index (Phi) is 5.73. The Bertz CT molecular complexity index is 374. The van der Waals surface area contributed by atoms with Crippen molar-refractivity contribution in [2.45, 2.75) is 19.3 Å². The minimum absolute atomic E-state index is 0.0931. The standard InChI is InChI=1S/C10H12BrClN2O2/c11-8-5-7(6-13-10(8)12)14-9(16)3-1-2-4-15/h5-6,15H,1-4H2,(H,14,16). The van der Waals surface area contributed by atoms with Crippen molar-refractivity contribution in [3.63, 3.8) is 0 Å². The van der Waals surface area contributed by atoms with E-state index >= 15 is 0 Å². The number of nitrogens with zero attached hydrogens (tertiary/aromatic N) is 1. The van der Waals surface area contributed by atoms with Gasteiger partial charge in [-0.15, -0.1) is 0 Å². The Hall–Kier alpha value is -0.650. The smallest absolute Gasteiger partial charge is 0.224 e. The Labute approximate surface area is 107 Å². The average Bonchev–Trinajstić information content (AvgIpc) is 2.24. The minimum atomic E-state index is -0.0931. The van der Waals surface area contributed by atoms with Crippen molar-refractivity contribution in [1.82, 2.24) is 4.98 Å². The molecule has 0 atom stereocenters. The van der Waals surface area contributed by atoms with E-state index in [-0.39, 0.29) is 12.5 Å². The molecule has 16 heavy (non-hydrogen) atoms. The topological polar surface area (TPSA) is 62.2 Å². The lowest BCUT2D eigenvalue weighted by molar-refractivity contribution is -0.116. The van der Waals surface area contributed by atoms with Crippen molar-refractivity contribution < 1.29 is 9.90 Å². The van der Waals surface area contributed by atoms with Crippen LogP contribution >= 0.6 is 27.5 Å². The molecule has 6 heteroatoms. The molecule has 2 N–H and O–H groups in total. The van der Waals surface area contributed by atoms with Gasteiger partial charge in [0, 0.05) is 13.0 Å². The highest BCUT2D eigenvalue weighted by atomic mass is 79.9. The number of pyridine rings is 1. The number of carbonyl (C=O) groups excluding carboxylic acids is 1. The third kappa shape index (κ3) is 4.47. The van der Waals surface area contributed by atoms with E-state index in [0.717, 1.165) is 0 Å². The Morgan fingerprint density at radius 2 is 2.31 bits per heavy atom. The molecule has 1 heterocycles. The molecule has 1 amide bonds. The first-order valence-electron chi connectivity index (χ1n) is 4.85. The van der Waals surface area contributed by atoms with Crippen LogP contribution in [0, 0.1) is 0 Å². The lowest BCUT2D eigenvalue weighted by Gasteiger charge is -2.05. The summed E-state index contributed by atoms with van der Waals surface area (Å²) in [5.74, 6) is -0.0931. The number of unbranched alkanes of at least 4 members (excludes halogenated alkanes) is 1. The van der Waals surface area contributed by atoms with Gasteiger partial charge in [0.2, 0.25) is 5.91 Å². The van der Waals surface area contributed by atoms with Crippen LogP contribution in [-0.2, 0) is 4.79 Å². The average molecular weight is 308 g/mol. The van der Waals surface area contributed by atoms with Crippen LogP contribution in [0.15, 0.2) is 16.7 Å². The van der Waals surface area contributed by atoms with Crippen LogP contribution in [0.5, 0.6) is 0 Å². The van der Waals surface area contributed by atoms with Crippen molar-refractivity contribution >= 4 is 39.1 Å². The number of rotatable bonds is 5. The van der Waals surface area contributed by atoms with Crippen LogP contribution in [-0.4, -0.2) is 22.6 Å². The molecule has 1 rings (SSSR count). The van der Waals surface area contributed by atoms with Crippen molar-refractivity contribution in [3.8, 4) is 0 Å². The number of hydrogen-bond acceptors (Lipinski definition) is 3. The Morgan fingerprint density at radius 3 is 2.94 bits per heavy atom. The van der Waals surface area contributed by atoms with Crippen molar-refractivity contribution in [2.24, 2.45) is 0 Å². The van der Waals surface area contributed by atoms with Crippen LogP contribution in [0.3, 0.4) is 0 Å². The zero-order chi connectivity index (χ0) is 12.0. The molecule has 0 aliphatic rings. The molecule has 1 aromatic rings. The maximum atomic E-state index is 11.4. The zero-order valence-corrected chi connectivity index (χ0v) is 10.9. The second kappa shape index (κ2) is 6.83. The fraction of sp³-hybridized carbons (Fsp3) is 0.400. The predicted octanol–water partition coefficient (Wildman–Crippen LogP) is 2.60. The number of halogens is 2. The van der Waals surface area contributed by atoms with Gasteiger partial charge in [-0.05, 0) is 34.8 Å².